The number of nitrogens with one attached hydrogen (secondary N) is 2. The number of carbonyl (C=O) groups excluding carboxylic acids is 1. The molecule has 3 rings (SSSR count). The molecule has 2 fully saturated rings. The summed E-state index contributed by atoms with van der Waals surface area (Å²) in [5, 5.41) is 6.68. The van der Waals surface area contributed by atoms with E-state index < -0.39 is 0 Å². The fraction of sp³-hybridized carbons (Fsp3) is 0.636. The van der Waals surface area contributed by atoms with Crippen molar-refractivity contribution in [3.8, 4) is 0 Å². The lowest BCUT2D eigenvalue weighted by Gasteiger charge is -2.16. The Morgan fingerprint density at radius 2 is 2.24 bits per heavy atom. The first-order valence-electron chi connectivity index (χ1n) is 10.7. The molecule has 1 atom stereocenters. The zero-order valence-electron chi connectivity index (χ0n) is 17.5. The summed E-state index contributed by atoms with van der Waals surface area (Å²) in [6, 6.07) is 8.39. The Bertz CT molecular complexity index is 674. The van der Waals surface area contributed by atoms with E-state index in [1.54, 1.807) is 7.05 Å². The van der Waals surface area contributed by atoms with E-state index in [1.165, 1.54) is 11.1 Å². The second kappa shape index (κ2) is 11.8. The van der Waals surface area contributed by atoms with Crippen LogP contribution in [-0.2, 0) is 27.4 Å². The van der Waals surface area contributed by atoms with Gasteiger partial charge in [0.25, 0.3) is 0 Å². The zero-order chi connectivity index (χ0) is 20.3. The summed E-state index contributed by atoms with van der Waals surface area (Å²) >= 11 is 0. The van der Waals surface area contributed by atoms with Gasteiger partial charge < -0.3 is 25.0 Å². The van der Waals surface area contributed by atoms with Crippen molar-refractivity contribution in [3.63, 3.8) is 0 Å². The molecule has 0 aromatic heterocycles. The lowest BCUT2D eigenvalue weighted by atomic mass is 10.1. The highest BCUT2D eigenvalue weighted by molar-refractivity contribution is 5.79. The van der Waals surface area contributed by atoms with Crippen molar-refractivity contribution in [3.05, 3.63) is 35.4 Å². The van der Waals surface area contributed by atoms with Gasteiger partial charge in [0.1, 0.15) is 0 Å². The lowest BCUT2D eigenvalue weighted by Crippen LogP contribution is -2.37. The number of hydrogen-bond acceptors (Lipinski definition) is 4. The Morgan fingerprint density at radius 1 is 1.34 bits per heavy atom. The number of amides is 1. The molecular weight excluding hydrogens is 368 g/mol. The third-order valence-corrected chi connectivity index (χ3v) is 5.36. The molecule has 0 aliphatic carbocycles. The molecule has 1 aromatic carbocycles. The first kappa shape index (κ1) is 21.6. The van der Waals surface area contributed by atoms with Crippen LogP contribution in [0.2, 0.25) is 0 Å². The van der Waals surface area contributed by atoms with E-state index in [9.17, 15) is 4.79 Å². The van der Waals surface area contributed by atoms with Gasteiger partial charge in [-0.1, -0.05) is 24.3 Å². The van der Waals surface area contributed by atoms with Crippen molar-refractivity contribution in [1.82, 2.24) is 15.5 Å². The van der Waals surface area contributed by atoms with E-state index in [2.05, 4.69) is 39.9 Å². The molecule has 1 unspecified atom stereocenters. The standard InChI is InChI=1S/C22H34N4O3/c1-23-22(24-9-4-11-28-16-20-8-12-29-17-20)25-14-18-5-2-6-19(13-18)15-26-10-3-7-21(26)27/h2,5-6,13,20H,3-4,7-12,14-17H2,1H3,(H2,23,24,25). The molecule has 1 aromatic rings. The molecule has 7 heteroatoms. The number of likely N-dealkylation sites (tertiary alicyclic amines) is 1. The number of aliphatic imine (C=N–C) groups is 1. The quantitative estimate of drug-likeness (QED) is 0.355. The lowest BCUT2D eigenvalue weighted by molar-refractivity contribution is -0.128. The van der Waals surface area contributed by atoms with Gasteiger partial charge in [-0.25, -0.2) is 0 Å². The Labute approximate surface area is 173 Å². The van der Waals surface area contributed by atoms with Gasteiger partial charge in [-0.05, 0) is 30.4 Å². The van der Waals surface area contributed by atoms with E-state index in [4.69, 9.17) is 9.47 Å². The predicted octanol–water partition coefficient (Wildman–Crippen LogP) is 1.92. The largest absolute Gasteiger partial charge is 0.381 e. The Kier molecular flexibility index (Phi) is 8.77. The summed E-state index contributed by atoms with van der Waals surface area (Å²) in [6.45, 7) is 6.34. The van der Waals surface area contributed by atoms with E-state index >= 15 is 0 Å². The molecule has 7 nitrogen and oxygen atoms in total. The van der Waals surface area contributed by atoms with Crippen molar-refractivity contribution in [2.75, 3.05) is 46.6 Å². The monoisotopic (exact) mass is 402 g/mol. The van der Waals surface area contributed by atoms with E-state index in [0.29, 0.717) is 25.4 Å². The van der Waals surface area contributed by atoms with Crippen LogP contribution in [0.25, 0.3) is 0 Å². The smallest absolute Gasteiger partial charge is 0.222 e. The molecule has 2 aliphatic heterocycles. The van der Waals surface area contributed by atoms with Crippen LogP contribution in [-0.4, -0.2) is 63.3 Å². The SMILES string of the molecule is CN=C(NCCCOCC1CCOC1)NCc1cccc(CN2CCCC2=O)c1. The molecule has 160 valence electrons. The van der Waals surface area contributed by atoms with Gasteiger partial charge in [-0.3, -0.25) is 9.79 Å². The number of carbonyl (C=O) groups is 1. The first-order valence-corrected chi connectivity index (χ1v) is 10.7. The first-order chi connectivity index (χ1) is 14.2. The molecule has 2 aliphatic rings. The molecule has 2 heterocycles. The van der Waals surface area contributed by atoms with E-state index in [-0.39, 0.29) is 5.91 Å². The second-order valence-corrected chi connectivity index (χ2v) is 7.75. The van der Waals surface area contributed by atoms with Crippen LogP contribution in [0.1, 0.15) is 36.8 Å². The molecular formula is C22H34N4O3. The van der Waals surface area contributed by atoms with Gasteiger partial charge in [-0.15, -0.1) is 0 Å². The van der Waals surface area contributed by atoms with Crippen molar-refractivity contribution in [2.24, 2.45) is 10.9 Å². The van der Waals surface area contributed by atoms with Gasteiger partial charge in [0.15, 0.2) is 5.96 Å². The van der Waals surface area contributed by atoms with Crippen LogP contribution in [0.5, 0.6) is 0 Å². The third-order valence-electron chi connectivity index (χ3n) is 5.36. The van der Waals surface area contributed by atoms with Crippen molar-refractivity contribution >= 4 is 11.9 Å². The molecule has 1 amide bonds. The number of ether oxygens (including phenoxy) is 2. The molecule has 0 spiro atoms. The van der Waals surface area contributed by atoms with Gasteiger partial charge in [0, 0.05) is 58.8 Å². The average Bonchev–Trinajstić information content (AvgIpc) is 3.39. The van der Waals surface area contributed by atoms with Gasteiger partial charge in [0.2, 0.25) is 5.91 Å². The molecule has 0 bridgehead atoms. The number of rotatable bonds is 10. The van der Waals surface area contributed by atoms with Gasteiger partial charge in [-0.2, -0.15) is 0 Å². The zero-order valence-corrected chi connectivity index (χ0v) is 17.5. The number of hydrogen-bond donors (Lipinski definition) is 2. The maximum Gasteiger partial charge on any atom is 0.222 e. The summed E-state index contributed by atoms with van der Waals surface area (Å²) in [4.78, 5) is 18.0. The Balaban J connectivity index is 1.32. The van der Waals surface area contributed by atoms with Crippen molar-refractivity contribution < 1.29 is 14.3 Å². The van der Waals surface area contributed by atoms with Crippen LogP contribution in [0.4, 0.5) is 0 Å². The second-order valence-electron chi connectivity index (χ2n) is 7.75. The summed E-state index contributed by atoms with van der Waals surface area (Å²) < 4.78 is 11.1. The molecule has 0 radical (unpaired) electrons. The highest BCUT2D eigenvalue weighted by Gasteiger charge is 2.20. The van der Waals surface area contributed by atoms with Crippen LogP contribution >= 0.6 is 0 Å². The summed E-state index contributed by atoms with van der Waals surface area (Å²) in [7, 11) is 1.78. The van der Waals surface area contributed by atoms with E-state index in [1.807, 2.05) is 4.90 Å². The minimum absolute atomic E-state index is 0.263. The average molecular weight is 403 g/mol. The summed E-state index contributed by atoms with van der Waals surface area (Å²) in [5.74, 6) is 1.62. The van der Waals surface area contributed by atoms with Gasteiger partial charge >= 0.3 is 0 Å². The predicted molar refractivity (Wildman–Crippen MR) is 114 cm³/mol. The summed E-state index contributed by atoms with van der Waals surface area (Å²) in [5.41, 5.74) is 2.35. The van der Waals surface area contributed by atoms with Crippen LogP contribution in [0.15, 0.2) is 29.3 Å². The number of guanidine groups is 1. The minimum Gasteiger partial charge on any atom is -0.381 e. The molecule has 2 saturated heterocycles. The summed E-state index contributed by atoms with van der Waals surface area (Å²) in [6.07, 6.45) is 3.71. The topological polar surface area (TPSA) is 75.2 Å². The number of nitrogens with zero attached hydrogens (tertiary/aromatic N) is 2. The molecule has 0 saturated carbocycles. The van der Waals surface area contributed by atoms with Crippen LogP contribution < -0.4 is 10.6 Å². The molecule has 29 heavy (non-hydrogen) atoms. The van der Waals surface area contributed by atoms with Gasteiger partial charge in [0.05, 0.1) is 13.2 Å². The number of benzene rings is 1. The van der Waals surface area contributed by atoms with Crippen LogP contribution in [0.3, 0.4) is 0 Å². The maximum atomic E-state index is 11.8. The van der Waals surface area contributed by atoms with Crippen molar-refractivity contribution in [2.45, 2.75) is 38.8 Å². The minimum atomic E-state index is 0.263. The van der Waals surface area contributed by atoms with Crippen LogP contribution in [0, 0.1) is 5.92 Å². The van der Waals surface area contributed by atoms with Crippen molar-refractivity contribution in [1.29, 1.82) is 0 Å². The maximum absolute atomic E-state index is 11.8. The highest BCUT2D eigenvalue weighted by atomic mass is 16.5. The fourth-order valence-corrected chi connectivity index (χ4v) is 3.68. The fourth-order valence-electron chi connectivity index (χ4n) is 3.68. The third kappa shape index (κ3) is 7.33. The molecule has 2 N–H and O–H groups in total. The normalized spacial score (nSPS) is 19.8. The Morgan fingerprint density at radius 3 is 3.00 bits per heavy atom. The highest BCUT2D eigenvalue weighted by Crippen LogP contribution is 2.15. The van der Waals surface area contributed by atoms with E-state index in [0.717, 1.165) is 64.7 Å². The Hall–Kier alpha value is -2.12.